The van der Waals surface area contributed by atoms with Crippen molar-refractivity contribution in [2.24, 2.45) is 0 Å². The average Bonchev–Trinajstić information content (AvgIpc) is 3.13. The second kappa shape index (κ2) is 8.27. The third-order valence-electron chi connectivity index (χ3n) is 4.41. The second-order valence-electron chi connectivity index (χ2n) is 6.43. The Hall–Kier alpha value is -2.47. The third-order valence-corrected chi connectivity index (χ3v) is 6.01. The molecular weight excluding hydrogens is 348 g/mol. The maximum absolute atomic E-state index is 12.4. The first-order valence-corrected chi connectivity index (χ1v) is 10.5. The number of nitrogens with zero attached hydrogens (tertiary/aromatic N) is 2. The Balaban J connectivity index is 1.48. The number of amides is 1. The van der Waals surface area contributed by atoms with Gasteiger partial charge in [-0.15, -0.1) is 0 Å². The summed E-state index contributed by atoms with van der Waals surface area (Å²) in [7, 11) is -3.40. The number of hydrogen-bond acceptors (Lipinski definition) is 4. The zero-order chi connectivity index (χ0) is 18.4. The summed E-state index contributed by atoms with van der Waals surface area (Å²) >= 11 is 0. The van der Waals surface area contributed by atoms with Gasteiger partial charge in [-0.1, -0.05) is 42.5 Å². The van der Waals surface area contributed by atoms with Crippen LogP contribution in [0.4, 0.5) is 0 Å². The van der Waals surface area contributed by atoms with Crippen molar-refractivity contribution < 1.29 is 13.2 Å². The molecule has 1 amide bonds. The molecule has 26 heavy (non-hydrogen) atoms. The summed E-state index contributed by atoms with van der Waals surface area (Å²) in [5.41, 5.74) is 3.08. The fourth-order valence-corrected chi connectivity index (χ4v) is 4.29. The van der Waals surface area contributed by atoms with Gasteiger partial charge < -0.3 is 4.90 Å². The molecule has 2 aromatic rings. The summed E-state index contributed by atoms with van der Waals surface area (Å²) in [6.07, 6.45) is 6.63. The molecule has 0 fully saturated rings. The SMILES string of the molecule is O=C(CS(=O)(=O)CCCc1ccccc1)N1CC=C(c2cccnc2)C1. The quantitative estimate of drug-likeness (QED) is 0.750. The molecule has 3 rings (SSSR count). The van der Waals surface area contributed by atoms with Crippen LogP contribution in [0.2, 0.25) is 0 Å². The highest BCUT2D eigenvalue weighted by Gasteiger charge is 2.25. The van der Waals surface area contributed by atoms with Crippen LogP contribution in [-0.4, -0.2) is 48.8 Å². The lowest BCUT2D eigenvalue weighted by Crippen LogP contribution is -2.35. The maximum atomic E-state index is 12.4. The highest BCUT2D eigenvalue weighted by molar-refractivity contribution is 7.92. The van der Waals surface area contributed by atoms with Crippen LogP contribution in [0.1, 0.15) is 17.5 Å². The molecule has 1 aromatic heterocycles. The average molecular weight is 370 g/mol. The molecule has 1 aromatic carbocycles. The van der Waals surface area contributed by atoms with Crippen LogP contribution in [0.15, 0.2) is 60.9 Å². The van der Waals surface area contributed by atoms with Crippen molar-refractivity contribution in [3.05, 3.63) is 72.1 Å². The van der Waals surface area contributed by atoms with Gasteiger partial charge in [0.1, 0.15) is 5.75 Å². The topological polar surface area (TPSA) is 67.3 Å². The van der Waals surface area contributed by atoms with E-state index < -0.39 is 15.6 Å². The highest BCUT2D eigenvalue weighted by atomic mass is 32.2. The summed E-state index contributed by atoms with van der Waals surface area (Å²) in [4.78, 5) is 18.0. The largest absolute Gasteiger partial charge is 0.334 e. The van der Waals surface area contributed by atoms with Crippen LogP contribution >= 0.6 is 0 Å². The molecular formula is C20H22N2O3S. The Kier molecular flexibility index (Phi) is 5.83. The Morgan fingerprint density at radius 3 is 2.65 bits per heavy atom. The van der Waals surface area contributed by atoms with Gasteiger partial charge >= 0.3 is 0 Å². The Morgan fingerprint density at radius 1 is 1.12 bits per heavy atom. The number of rotatable bonds is 7. The van der Waals surface area contributed by atoms with Crippen LogP contribution < -0.4 is 0 Å². The molecule has 0 N–H and O–H groups in total. The van der Waals surface area contributed by atoms with E-state index in [1.807, 2.05) is 48.5 Å². The van der Waals surface area contributed by atoms with Crippen molar-refractivity contribution in [2.75, 3.05) is 24.6 Å². The number of carbonyl (C=O) groups is 1. The molecule has 0 saturated heterocycles. The van der Waals surface area contributed by atoms with Gasteiger partial charge in [-0.2, -0.15) is 0 Å². The van der Waals surface area contributed by atoms with Gasteiger partial charge in [0, 0.05) is 25.5 Å². The minimum Gasteiger partial charge on any atom is -0.334 e. The van der Waals surface area contributed by atoms with Crippen molar-refractivity contribution in [2.45, 2.75) is 12.8 Å². The Labute approximate surface area is 154 Å². The first kappa shape index (κ1) is 18.3. The standard InChI is InChI=1S/C20H22N2O3S/c23-20(22-12-10-19(15-22)18-9-4-11-21-14-18)16-26(24,25)13-5-8-17-6-2-1-3-7-17/h1-4,6-7,9-11,14H,5,8,12-13,15-16H2. The van der Waals surface area contributed by atoms with Crippen LogP contribution in [0.3, 0.4) is 0 Å². The summed E-state index contributed by atoms with van der Waals surface area (Å²) in [5, 5.41) is 0. The van der Waals surface area contributed by atoms with Gasteiger partial charge in [0.2, 0.25) is 5.91 Å². The molecule has 2 heterocycles. The lowest BCUT2D eigenvalue weighted by Gasteiger charge is -2.16. The summed E-state index contributed by atoms with van der Waals surface area (Å²) in [5.74, 6) is -0.722. The first-order valence-electron chi connectivity index (χ1n) is 8.65. The molecule has 1 aliphatic heterocycles. The summed E-state index contributed by atoms with van der Waals surface area (Å²) < 4.78 is 24.5. The van der Waals surface area contributed by atoms with Crippen molar-refractivity contribution in [1.82, 2.24) is 9.88 Å². The zero-order valence-corrected chi connectivity index (χ0v) is 15.4. The van der Waals surface area contributed by atoms with Gasteiger partial charge in [-0.05, 0) is 35.6 Å². The van der Waals surface area contributed by atoms with Crippen LogP contribution in [0.25, 0.3) is 5.57 Å². The molecule has 5 nitrogen and oxygen atoms in total. The minimum atomic E-state index is -3.40. The number of aryl methyl sites for hydroxylation is 1. The Bertz CT molecular complexity index is 878. The predicted molar refractivity (Wildman–Crippen MR) is 102 cm³/mol. The highest BCUT2D eigenvalue weighted by Crippen LogP contribution is 2.20. The lowest BCUT2D eigenvalue weighted by molar-refractivity contribution is -0.127. The number of pyridine rings is 1. The number of carbonyl (C=O) groups excluding carboxylic acids is 1. The predicted octanol–water partition coefficient (Wildman–Crippen LogP) is 2.35. The molecule has 0 atom stereocenters. The number of sulfone groups is 1. The van der Waals surface area contributed by atoms with Crippen LogP contribution in [0.5, 0.6) is 0 Å². The number of aromatic nitrogens is 1. The molecule has 136 valence electrons. The van der Waals surface area contributed by atoms with E-state index in [-0.39, 0.29) is 11.7 Å². The number of benzene rings is 1. The van der Waals surface area contributed by atoms with Gasteiger partial charge in [-0.3, -0.25) is 9.78 Å². The van der Waals surface area contributed by atoms with E-state index in [1.54, 1.807) is 17.3 Å². The lowest BCUT2D eigenvalue weighted by atomic mass is 10.1. The van der Waals surface area contributed by atoms with E-state index in [0.717, 1.165) is 16.7 Å². The molecule has 1 aliphatic rings. The van der Waals surface area contributed by atoms with E-state index in [9.17, 15) is 13.2 Å². The molecule has 6 heteroatoms. The molecule has 0 unspecified atom stereocenters. The fraction of sp³-hybridized carbons (Fsp3) is 0.300. The van der Waals surface area contributed by atoms with Crippen molar-refractivity contribution in [1.29, 1.82) is 0 Å². The monoisotopic (exact) mass is 370 g/mol. The normalized spacial score (nSPS) is 14.3. The van der Waals surface area contributed by atoms with E-state index in [0.29, 0.717) is 25.9 Å². The van der Waals surface area contributed by atoms with E-state index in [2.05, 4.69) is 4.98 Å². The van der Waals surface area contributed by atoms with Gasteiger partial charge in [0.25, 0.3) is 0 Å². The first-order chi connectivity index (χ1) is 12.5. The summed E-state index contributed by atoms with van der Waals surface area (Å²) in [6, 6.07) is 13.6. The fourth-order valence-electron chi connectivity index (χ4n) is 3.00. The molecule has 0 spiro atoms. The summed E-state index contributed by atoms with van der Waals surface area (Å²) in [6.45, 7) is 0.882. The molecule has 0 saturated carbocycles. The van der Waals surface area contributed by atoms with Gasteiger partial charge in [-0.25, -0.2) is 8.42 Å². The smallest absolute Gasteiger partial charge is 0.238 e. The second-order valence-corrected chi connectivity index (χ2v) is 8.61. The van der Waals surface area contributed by atoms with E-state index in [1.165, 1.54) is 0 Å². The Morgan fingerprint density at radius 2 is 1.92 bits per heavy atom. The van der Waals surface area contributed by atoms with Gasteiger partial charge in [0.05, 0.1) is 5.75 Å². The molecule has 0 bridgehead atoms. The van der Waals surface area contributed by atoms with Crippen LogP contribution in [0, 0.1) is 0 Å². The molecule has 0 aliphatic carbocycles. The number of hydrogen-bond donors (Lipinski definition) is 0. The molecule has 0 radical (unpaired) electrons. The van der Waals surface area contributed by atoms with Crippen LogP contribution in [-0.2, 0) is 21.1 Å². The van der Waals surface area contributed by atoms with Crippen molar-refractivity contribution >= 4 is 21.3 Å². The van der Waals surface area contributed by atoms with E-state index in [4.69, 9.17) is 0 Å². The third kappa shape index (κ3) is 5.02. The van der Waals surface area contributed by atoms with Crippen molar-refractivity contribution in [3.8, 4) is 0 Å². The minimum absolute atomic E-state index is 0.0321. The maximum Gasteiger partial charge on any atom is 0.238 e. The zero-order valence-electron chi connectivity index (χ0n) is 14.5. The van der Waals surface area contributed by atoms with E-state index >= 15 is 0 Å². The van der Waals surface area contributed by atoms with Crippen molar-refractivity contribution in [3.63, 3.8) is 0 Å². The van der Waals surface area contributed by atoms with Gasteiger partial charge in [0.15, 0.2) is 9.84 Å².